The van der Waals surface area contributed by atoms with Gasteiger partial charge in [0.05, 0.1) is 0 Å². The van der Waals surface area contributed by atoms with Crippen LogP contribution in [0.25, 0.3) is 0 Å². The Morgan fingerprint density at radius 3 is 2.48 bits per heavy atom. The molecule has 1 heterocycles. The first-order chi connectivity index (χ1) is 9.79. The monoisotopic (exact) mass is 294 g/mol. The van der Waals surface area contributed by atoms with Gasteiger partial charge in [-0.1, -0.05) is 20.8 Å². The fraction of sp³-hybridized carbons (Fsp3) is 0.750. The lowest BCUT2D eigenvalue weighted by atomic mass is 9.87. The van der Waals surface area contributed by atoms with Gasteiger partial charge in [-0.05, 0) is 26.2 Å². The van der Waals surface area contributed by atoms with Gasteiger partial charge in [-0.25, -0.2) is 9.97 Å². The van der Waals surface area contributed by atoms with Crippen LogP contribution in [0.15, 0.2) is 6.07 Å². The van der Waals surface area contributed by atoms with Crippen LogP contribution in [0.4, 0.5) is 11.6 Å². The molecule has 0 aliphatic carbocycles. The Hall–Kier alpha value is -1.36. The quantitative estimate of drug-likeness (QED) is 0.836. The maximum Gasteiger partial charge on any atom is 0.158 e. The van der Waals surface area contributed by atoms with E-state index < -0.39 is 0 Å². The fourth-order valence-electron chi connectivity index (χ4n) is 1.97. The molecule has 0 radical (unpaired) electrons. The molecule has 1 unspecified atom stereocenters. The number of hydrogen-bond donors (Lipinski definition) is 1. The van der Waals surface area contributed by atoms with Crippen molar-refractivity contribution in [1.29, 1.82) is 0 Å². The van der Waals surface area contributed by atoms with Gasteiger partial charge in [0.15, 0.2) is 5.82 Å². The van der Waals surface area contributed by atoms with E-state index in [9.17, 15) is 0 Å². The molecule has 0 aliphatic heterocycles. The van der Waals surface area contributed by atoms with Crippen LogP contribution in [0.3, 0.4) is 0 Å². The molecule has 0 fully saturated rings. The third kappa shape index (κ3) is 5.16. The van der Waals surface area contributed by atoms with E-state index in [4.69, 9.17) is 4.74 Å². The standard InChI is InChI=1S/C16H30N4O/c1-8-17-13-10-15(19-14(18-13)11-21-9-2)20(7)12(3)16(4,5)6/h10,12H,8-9,11H2,1-7H3,(H,17,18,19). The number of hydrogen-bond acceptors (Lipinski definition) is 5. The van der Waals surface area contributed by atoms with Gasteiger partial charge in [-0.3, -0.25) is 0 Å². The third-order valence-electron chi connectivity index (χ3n) is 3.75. The topological polar surface area (TPSA) is 50.3 Å². The Labute approximate surface area is 129 Å². The van der Waals surface area contributed by atoms with Crippen LogP contribution in [0.1, 0.15) is 47.4 Å². The van der Waals surface area contributed by atoms with E-state index in [1.807, 2.05) is 13.0 Å². The second kappa shape index (κ2) is 7.59. The molecule has 5 nitrogen and oxygen atoms in total. The molecule has 1 N–H and O–H groups in total. The van der Waals surface area contributed by atoms with Crippen molar-refractivity contribution < 1.29 is 4.74 Å². The van der Waals surface area contributed by atoms with Crippen LogP contribution in [-0.2, 0) is 11.3 Å². The first-order valence-corrected chi connectivity index (χ1v) is 7.72. The molecular formula is C16H30N4O. The van der Waals surface area contributed by atoms with Gasteiger partial charge in [-0.15, -0.1) is 0 Å². The van der Waals surface area contributed by atoms with Gasteiger partial charge in [0.2, 0.25) is 0 Å². The second-order valence-corrected chi connectivity index (χ2v) is 6.35. The van der Waals surface area contributed by atoms with Crippen LogP contribution in [-0.4, -0.2) is 36.2 Å². The zero-order valence-corrected chi connectivity index (χ0v) is 14.5. The van der Waals surface area contributed by atoms with E-state index in [1.165, 1.54) is 0 Å². The Bertz CT molecular complexity index is 442. The molecule has 0 amide bonds. The van der Waals surface area contributed by atoms with Gasteiger partial charge in [0, 0.05) is 32.3 Å². The van der Waals surface area contributed by atoms with Gasteiger partial charge in [0.25, 0.3) is 0 Å². The summed E-state index contributed by atoms with van der Waals surface area (Å²) in [5.74, 6) is 2.50. The highest BCUT2D eigenvalue weighted by Crippen LogP contribution is 2.27. The van der Waals surface area contributed by atoms with Crippen molar-refractivity contribution in [3.05, 3.63) is 11.9 Å². The first kappa shape index (κ1) is 17.7. The highest BCUT2D eigenvalue weighted by Gasteiger charge is 2.25. The van der Waals surface area contributed by atoms with Crippen LogP contribution < -0.4 is 10.2 Å². The molecule has 0 saturated carbocycles. The summed E-state index contributed by atoms with van der Waals surface area (Å²) in [6.07, 6.45) is 0. The minimum absolute atomic E-state index is 0.179. The van der Waals surface area contributed by atoms with Crippen molar-refractivity contribution in [2.75, 3.05) is 30.4 Å². The van der Waals surface area contributed by atoms with Crippen LogP contribution >= 0.6 is 0 Å². The van der Waals surface area contributed by atoms with Crippen molar-refractivity contribution in [3.63, 3.8) is 0 Å². The van der Waals surface area contributed by atoms with Crippen molar-refractivity contribution in [2.24, 2.45) is 5.41 Å². The molecule has 0 aromatic carbocycles. The van der Waals surface area contributed by atoms with E-state index in [1.54, 1.807) is 0 Å². The number of rotatable bonds is 7. The van der Waals surface area contributed by atoms with Gasteiger partial charge < -0.3 is 15.0 Å². The summed E-state index contributed by atoms with van der Waals surface area (Å²) in [6, 6.07) is 2.36. The van der Waals surface area contributed by atoms with Crippen LogP contribution in [0, 0.1) is 5.41 Å². The fourth-order valence-corrected chi connectivity index (χ4v) is 1.97. The molecule has 5 heteroatoms. The molecule has 1 aromatic heterocycles. The maximum atomic E-state index is 5.44. The molecule has 0 spiro atoms. The summed E-state index contributed by atoms with van der Waals surface area (Å²) in [5, 5.41) is 3.26. The Morgan fingerprint density at radius 1 is 1.29 bits per heavy atom. The molecule has 0 bridgehead atoms. The highest BCUT2D eigenvalue weighted by atomic mass is 16.5. The molecular weight excluding hydrogens is 264 g/mol. The Kier molecular flexibility index (Phi) is 6.40. The number of aromatic nitrogens is 2. The maximum absolute atomic E-state index is 5.44. The Balaban J connectivity index is 3.06. The van der Waals surface area contributed by atoms with Crippen molar-refractivity contribution in [1.82, 2.24) is 9.97 Å². The average molecular weight is 294 g/mol. The minimum atomic E-state index is 0.179. The predicted octanol–water partition coefficient (Wildman–Crippen LogP) is 3.32. The Morgan fingerprint density at radius 2 is 1.95 bits per heavy atom. The lowest BCUT2D eigenvalue weighted by molar-refractivity contribution is 0.128. The lowest BCUT2D eigenvalue weighted by Gasteiger charge is -2.36. The number of ether oxygens (including phenoxy) is 1. The molecule has 1 aromatic rings. The SMILES string of the molecule is CCNc1cc(N(C)C(C)C(C)(C)C)nc(COCC)n1. The van der Waals surface area contributed by atoms with E-state index in [2.05, 4.69) is 61.9 Å². The molecule has 21 heavy (non-hydrogen) atoms. The smallest absolute Gasteiger partial charge is 0.158 e. The molecule has 0 saturated heterocycles. The highest BCUT2D eigenvalue weighted by molar-refractivity contribution is 5.49. The zero-order chi connectivity index (χ0) is 16.0. The summed E-state index contributed by atoms with van der Waals surface area (Å²) >= 11 is 0. The van der Waals surface area contributed by atoms with Gasteiger partial charge in [0.1, 0.15) is 18.2 Å². The van der Waals surface area contributed by atoms with Crippen molar-refractivity contribution in [3.8, 4) is 0 Å². The summed E-state index contributed by atoms with van der Waals surface area (Å²) in [5.41, 5.74) is 0.179. The number of nitrogens with zero attached hydrogens (tertiary/aromatic N) is 3. The van der Waals surface area contributed by atoms with Crippen molar-refractivity contribution in [2.45, 2.75) is 54.2 Å². The minimum Gasteiger partial charge on any atom is -0.374 e. The van der Waals surface area contributed by atoms with Crippen LogP contribution in [0.5, 0.6) is 0 Å². The normalized spacial score (nSPS) is 13.1. The largest absolute Gasteiger partial charge is 0.374 e. The first-order valence-electron chi connectivity index (χ1n) is 7.72. The molecule has 1 rings (SSSR count). The van der Waals surface area contributed by atoms with E-state index >= 15 is 0 Å². The molecule has 0 aliphatic rings. The summed E-state index contributed by atoms with van der Waals surface area (Å²) in [6.45, 7) is 14.9. The van der Waals surface area contributed by atoms with Gasteiger partial charge >= 0.3 is 0 Å². The zero-order valence-electron chi connectivity index (χ0n) is 14.5. The molecule has 120 valence electrons. The lowest BCUT2D eigenvalue weighted by Crippen LogP contribution is -2.40. The third-order valence-corrected chi connectivity index (χ3v) is 3.75. The molecule has 1 atom stereocenters. The predicted molar refractivity (Wildman–Crippen MR) is 88.8 cm³/mol. The second-order valence-electron chi connectivity index (χ2n) is 6.35. The summed E-state index contributed by atoms with van der Waals surface area (Å²) < 4.78 is 5.44. The summed E-state index contributed by atoms with van der Waals surface area (Å²) in [7, 11) is 2.08. The number of nitrogens with one attached hydrogen (secondary N) is 1. The van der Waals surface area contributed by atoms with E-state index in [-0.39, 0.29) is 5.41 Å². The van der Waals surface area contributed by atoms with Gasteiger partial charge in [-0.2, -0.15) is 0 Å². The van der Waals surface area contributed by atoms with E-state index in [0.29, 0.717) is 19.3 Å². The summed E-state index contributed by atoms with van der Waals surface area (Å²) in [4.78, 5) is 11.3. The van der Waals surface area contributed by atoms with Crippen LogP contribution in [0.2, 0.25) is 0 Å². The van der Waals surface area contributed by atoms with Crippen molar-refractivity contribution >= 4 is 11.6 Å². The number of anilines is 2. The van der Waals surface area contributed by atoms with E-state index in [0.717, 1.165) is 24.0 Å². The average Bonchev–Trinajstić information content (AvgIpc) is 2.42.